The number of nitrogens with zero attached hydrogens (tertiary/aromatic N) is 3. The lowest BCUT2D eigenvalue weighted by atomic mass is 10.3. The number of amides is 1. The van der Waals surface area contributed by atoms with E-state index in [1.807, 2.05) is 12.3 Å². The third-order valence-corrected chi connectivity index (χ3v) is 5.33. The highest BCUT2D eigenvalue weighted by Crippen LogP contribution is 2.34. The summed E-state index contributed by atoms with van der Waals surface area (Å²) >= 11 is 2.95. The number of carbonyl (C=O) groups is 1. The van der Waals surface area contributed by atoms with Crippen molar-refractivity contribution in [3.8, 4) is 0 Å². The molecule has 0 spiro atoms. The summed E-state index contributed by atoms with van der Waals surface area (Å²) in [7, 11) is 1.62. The van der Waals surface area contributed by atoms with Crippen molar-refractivity contribution in [3.05, 3.63) is 10.9 Å². The molecule has 0 saturated carbocycles. The SMILES string of the molecule is COCCNC(=O)c1cc2c(N3CCCC3)nc(SC)nc2s1. The Labute approximate surface area is 143 Å². The molecule has 0 aliphatic carbocycles. The monoisotopic (exact) mass is 352 g/mol. The highest BCUT2D eigenvalue weighted by molar-refractivity contribution is 7.98. The Kier molecular flexibility index (Phi) is 5.34. The maximum atomic E-state index is 12.3. The third-order valence-electron chi connectivity index (χ3n) is 3.76. The number of ether oxygens (including phenoxy) is 1. The second-order valence-corrected chi connectivity index (χ2v) is 7.11. The Morgan fingerprint density at radius 1 is 1.43 bits per heavy atom. The topological polar surface area (TPSA) is 67.3 Å². The normalized spacial score (nSPS) is 14.6. The first-order chi connectivity index (χ1) is 11.2. The summed E-state index contributed by atoms with van der Waals surface area (Å²) in [6.45, 7) is 3.05. The van der Waals surface area contributed by atoms with Gasteiger partial charge in [0.25, 0.3) is 5.91 Å². The lowest BCUT2D eigenvalue weighted by Crippen LogP contribution is -2.26. The van der Waals surface area contributed by atoms with Gasteiger partial charge in [0.05, 0.1) is 16.9 Å². The molecular formula is C15H20N4O2S2. The molecule has 1 N–H and O–H groups in total. The first kappa shape index (κ1) is 16.5. The van der Waals surface area contributed by atoms with Gasteiger partial charge in [-0.25, -0.2) is 9.97 Å². The first-order valence-corrected chi connectivity index (χ1v) is 9.64. The number of rotatable bonds is 6. The quantitative estimate of drug-likeness (QED) is 0.489. The number of anilines is 1. The molecule has 0 bridgehead atoms. The van der Waals surface area contributed by atoms with Gasteiger partial charge in [-0.2, -0.15) is 0 Å². The molecule has 2 aromatic rings. The summed E-state index contributed by atoms with van der Waals surface area (Å²) in [5, 5.41) is 4.59. The Morgan fingerprint density at radius 3 is 2.91 bits per heavy atom. The van der Waals surface area contributed by atoms with E-state index in [2.05, 4.69) is 20.2 Å². The van der Waals surface area contributed by atoms with Crippen LogP contribution >= 0.6 is 23.1 Å². The van der Waals surface area contributed by atoms with Gasteiger partial charge in [0.2, 0.25) is 0 Å². The van der Waals surface area contributed by atoms with E-state index in [9.17, 15) is 4.79 Å². The van der Waals surface area contributed by atoms with Crippen molar-refractivity contribution in [2.24, 2.45) is 0 Å². The standard InChI is InChI=1S/C15H20N4O2S2/c1-21-8-5-16-13(20)11-9-10-12(19-6-3-4-7-19)17-15(22-2)18-14(10)23-11/h9H,3-8H2,1-2H3,(H,16,20). The van der Waals surface area contributed by atoms with Gasteiger partial charge < -0.3 is 15.0 Å². The molecule has 3 rings (SSSR count). The largest absolute Gasteiger partial charge is 0.383 e. The summed E-state index contributed by atoms with van der Waals surface area (Å²) in [4.78, 5) is 25.3. The molecule has 124 valence electrons. The fraction of sp³-hybridized carbons (Fsp3) is 0.533. The molecule has 23 heavy (non-hydrogen) atoms. The predicted octanol–water partition coefficient (Wildman–Crippen LogP) is 2.39. The van der Waals surface area contributed by atoms with Crippen LogP contribution in [0.3, 0.4) is 0 Å². The van der Waals surface area contributed by atoms with Crippen molar-refractivity contribution in [2.75, 3.05) is 44.5 Å². The van der Waals surface area contributed by atoms with E-state index in [-0.39, 0.29) is 5.91 Å². The number of carbonyl (C=O) groups excluding carboxylic acids is 1. The van der Waals surface area contributed by atoms with Crippen LogP contribution in [0.5, 0.6) is 0 Å². The van der Waals surface area contributed by atoms with E-state index >= 15 is 0 Å². The molecule has 0 unspecified atom stereocenters. The second-order valence-electron chi connectivity index (χ2n) is 5.31. The average molecular weight is 352 g/mol. The second kappa shape index (κ2) is 7.46. The summed E-state index contributed by atoms with van der Waals surface area (Å²) in [6.07, 6.45) is 4.35. The Hall–Kier alpha value is -1.38. The number of methoxy groups -OCH3 is 1. The molecule has 0 atom stereocenters. The molecule has 8 heteroatoms. The molecule has 0 aromatic carbocycles. The molecule has 1 saturated heterocycles. The van der Waals surface area contributed by atoms with Crippen molar-refractivity contribution < 1.29 is 9.53 Å². The van der Waals surface area contributed by atoms with E-state index in [0.717, 1.165) is 34.3 Å². The molecule has 1 amide bonds. The fourth-order valence-electron chi connectivity index (χ4n) is 2.61. The third kappa shape index (κ3) is 3.59. The Morgan fingerprint density at radius 2 is 2.22 bits per heavy atom. The zero-order valence-corrected chi connectivity index (χ0v) is 14.9. The van der Waals surface area contributed by atoms with Gasteiger partial charge in [-0.15, -0.1) is 11.3 Å². The molecule has 1 fully saturated rings. The van der Waals surface area contributed by atoms with Crippen LogP contribution in [0.1, 0.15) is 22.5 Å². The predicted molar refractivity (Wildman–Crippen MR) is 94.9 cm³/mol. The van der Waals surface area contributed by atoms with Crippen molar-refractivity contribution in [3.63, 3.8) is 0 Å². The Bertz CT molecular complexity index is 698. The van der Waals surface area contributed by atoms with Gasteiger partial charge in [0.1, 0.15) is 10.6 Å². The van der Waals surface area contributed by atoms with E-state index in [1.165, 1.54) is 35.9 Å². The number of fused-ring (bicyclic) bond motifs is 1. The van der Waals surface area contributed by atoms with Crippen LogP contribution in [0.4, 0.5) is 5.82 Å². The van der Waals surface area contributed by atoms with Gasteiger partial charge in [-0.1, -0.05) is 11.8 Å². The minimum Gasteiger partial charge on any atom is -0.383 e. The number of hydrogen-bond donors (Lipinski definition) is 1. The minimum absolute atomic E-state index is 0.0804. The van der Waals surface area contributed by atoms with Crippen LogP contribution in [-0.2, 0) is 4.74 Å². The maximum Gasteiger partial charge on any atom is 0.261 e. The fourth-order valence-corrected chi connectivity index (χ4v) is 3.97. The number of hydrogen-bond acceptors (Lipinski definition) is 7. The summed E-state index contributed by atoms with van der Waals surface area (Å²) in [5.74, 6) is 0.882. The number of nitrogens with one attached hydrogen (secondary N) is 1. The van der Waals surface area contributed by atoms with Gasteiger partial charge in [0.15, 0.2) is 5.16 Å². The molecule has 3 heterocycles. The highest BCUT2D eigenvalue weighted by atomic mass is 32.2. The number of thiophene rings is 1. The van der Waals surface area contributed by atoms with E-state index in [0.29, 0.717) is 18.0 Å². The molecular weight excluding hydrogens is 332 g/mol. The zero-order chi connectivity index (χ0) is 16.2. The minimum atomic E-state index is -0.0804. The number of thioether (sulfide) groups is 1. The van der Waals surface area contributed by atoms with Crippen LogP contribution in [0.15, 0.2) is 11.2 Å². The van der Waals surface area contributed by atoms with Gasteiger partial charge >= 0.3 is 0 Å². The van der Waals surface area contributed by atoms with Crippen LogP contribution in [0.25, 0.3) is 10.2 Å². The average Bonchev–Trinajstić information content (AvgIpc) is 3.23. The zero-order valence-electron chi connectivity index (χ0n) is 13.3. The maximum absolute atomic E-state index is 12.3. The summed E-state index contributed by atoms with van der Waals surface area (Å²) < 4.78 is 4.96. The number of aromatic nitrogens is 2. The highest BCUT2D eigenvalue weighted by Gasteiger charge is 2.21. The Balaban J connectivity index is 1.93. The molecule has 1 aliphatic rings. The van der Waals surface area contributed by atoms with Crippen molar-refractivity contribution in [2.45, 2.75) is 18.0 Å². The van der Waals surface area contributed by atoms with Crippen LogP contribution in [0, 0.1) is 0 Å². The first-order valence-electron chi connectivity index (χ1n) is 7.60. The van der Waals surface area contributed by atoms with Crippen molar-refractivity contribution in [1.29, 1.82) is 0 Å². The van der Waals surface area contributed by atoms with Gasteiger partial charge in [0, 0.05) is 26.7 Å². The van der Waals surface area contributed by atoms with Gasteiger partial charge in [-0.3, -0.25) is 4.79 Å². The lowest BCUT2D eigenvalue weighted by Gasteiger charge is -2.17. The molecule has 0 radical (unpaired) electrons. The molecule has 6 nitrogen and oxygen atoms in total. The van der Waals surface area contributed by atoms with Crippen LogP contribution < -0.4 is 10.2 Å². The summed E-state index contributed by atoms with van der Waals surface area (Å²) in [5.41, 5.74) is 0. The van der Waals surface area contributed by atoms with Gasteiger partial charge in [-0.05, 0) is 25.2 Å². The van der Waals surface area contributed by atoms with E-state index in [1.54, 1.807) is 7.11 Å². The molecule has 2 aromatic heterocycles. The smallest absolute Gasteiger partial charge is 0.261 e. The summed E-state index contributed by atoms with van der Waals surface area (Å²) in [6, 6.07) is 1.92. The molecule has 1 aliphatic heterocycles. The van der Waals surface area contributed by atoms with E-state index < -0.39 is 0 Å². The van der Waals surface area contributed by atoms with Crippen LogP contribution in [0.2, 0.25) is 0 Å². The van der Waals surface area contributed by atoms with Crippen LogP contribution in [-0.4, -0.2) is 55.5 Å². The lowest BCUT2D eigenvalue weighted by molar-refractivity contribution is 0.0941. The van der Waals surface area contributed by atoms with Crippen molar-refractivity contribution >= 4 is 45.0 Å². The van der Waals surface area contributed by atoms with E-state index in [4.69, 9.17) is 4.74 Å². The van der Waals surface area contributed by atoms with Crippen molar-refractivity contribution in [1.82, 2.24) is 15.3 Å².